The van der Waals surface area contributed by atoms with Crippen LogP contribution in [0.1, 0.15) is 24.0 Å². The van der Waals surface area contributed by atoms with Crippen molar-refractivity contribution >= 4 is 17.5 Å². The number of nitrogens with zero attached hydrogens (tertiary/aromatic N) is 3. The first-order valence-corrected chi connectivity index (χ1v) is 11.1. The fourth-order valence-corrected chi connectivity index (χ4v) is 4.69. The van der Waals surface area contributed by atoms with Gasteiger partial charge in [-0.05, 0) is 36.6 Å². The van der Waals surface area contributed by atoms with E-state index in [4.69, 9.17) is 11.6 Å². The number of amides is 1. The monoisotopic (exact) mass is 411 g/mol. The second kappa shape index (κ2) is 9.75. The lowest BCUT2D eigenvalue weighted by atomic mass is 9.95. The van der Waals surface area contributed by atoms with Crippen molar-refractivity contribution in [1.82, 2.24) is 14.7 Å². The summed E-state index contributed by atoms with van der Waals surface area (Å²) in [6, 6.07) is 18.6. The second-order valence-corrected chi connectivity index (χ2v) is 8.66. The minimum absolute atomic E-state index is 0.118. The molecule has 1 atom stereocenters. The first-order chi connectivity index (χ1) is 14.2. The molecule has 2 aromatic carbocycles. The van der Waals surface area contributed by atoms with Crippen LogP contribution >= 0.6 is 11.6 Å². The lowest BCUT2D eigenvalue weighted by Gasteiger charge is -2.39. The minimum Gasteiger partial charge on any atom is -0.340 e. The van der Waals surface area contributed by atoms with Gasteiger partial charge in [-0.1, -0.05) is 60.1 Å². The van der Waals surface area contributed by atoms with Gasteiger partial charge < -0.3 is 4.90 Å². The van der Waals surface area contributed by atoms with Crippen LogP contribution in [-0.2, 0) is 17.9 Å². The number of halogens is 1. The number of rotatable bonds is 5. The van der Waals surface area contributed by atoms with Crippen molar-refractivity contribution in [2.75, 3.05) is 39.3 Å². The van der Waals surface area contributed by atoms with Gasteiger partial charge in [0.15, 0.2) is 0 Å². The molecule has 4 nitrogen and oxygen atoms in total. The molecule has 154 valence electrons. The zero-order valence-electron chi connectivity index (χ0n) is 17.0. The van der Waals surface area contributed by atoms with Crippen molar-refractivity contribution in [2.24, 2.45) is 5.92 Å². The van der Waals surface area contributed by atoms with Gasteiger partial charge in [-0.2, -0.15) is 0 Å². The van der Waals surface area contributed by atoms with Gasteiger partial charge in [0.1, 0.15) is 0 Å². The number of carbonyl (C=O) groups is 1. The third-order valence-electron chi connectivity index (χ3n) is 6.14. The number of piperazine rings is 1. The van der Waals surface area contributed by atoms with Crippen LogP contribution in [0.15, 0.2) is 54.6 Å². The van der Waals surface area contributed by atoms with Crippen LogP contribution in [-0.4, -0.2) is 59.9 Å². The van der Waals surface area contributed by atoms with E-state index in [1.165, 1.54) is 5.56 Å². The van der Waals surface area contributed by atoms with Gasteiger partial charge in [0.25, 0.3) is 0 Å². The highest BCUT2D eigenvalue weighted by Gasteiger charge is 2.31. The Hall–Kier alpha value is -1.88. The van der Waals surface area contributed by atoms with Crippen LogP contribution < -0.4 is 0 Å². The zero-order valence-corrected chi connectivity index (χ0v) is 17.7. The van der Waals surface area contributed by atoms with E-state index >= 15 is 0 Å². The van der Waals surface area contributed by atoms with Crippen molar-refractivity contribution < 1.29 is 4.79 Å². The molecule has 2 saturated heterocycles. The number of hydrogen-bond acceptors (Lipinski definition) is 3. The van der Waals surface area contributed by atoms with Crippen LogP contribution in [0, 0.1) is 5.92 Å². The van der Waals surface area contributed by atoms with Crippen LogP contribution in [0.2, 0.25) is 5.02 Å². The SMILES string of the molecule is O=C([C@@H]1CCCN(Cc2ccccc2Cl)C1)N1CCN(Cc2ccccc2)CC1. The summed E-state index contributed by atoms with van der Waals surface area (Å²) < 4.78 is 0. The minimum atomic E-state index is 0.118. The molecule has 2 aliphatic rings. The topological polar surface area (TPSA) is 26.8 Å². The molecule has 0 spiro atoms. The highest BCUT2D eigenvalue weighted by molar-refractivity contribution is 6.31. The first-order valence-electron chi connectivity index (χ1n) is 10.7. The second-order valence-electron chi connectivity index (χ2n) is 8.25. The standard InChI is InChI=1S/C24H30ClN3O/c25-23-11-5-4-9-21(23)18-27-12-6-10-22(19-27)24(29)28-15-13-26(14-16-28)17-20-7-2-1-3-8-20/h1-5,7-9,11,22H,6,10,12-19H2/t22-/m1/s1. The fourth-order valence-electron chi connectivity index (χ4n) is 4.49. The Morgan fingerprint density at radius 3 is 2.34 bits per heavy atom. The van der Waals surface area contributed by atoms with Crippen molar-refractivity contribution in [1.29, 1.82) is 0 Å². The summed E-state index contributed by atoms with van der Waals surface area (Å²) in [4.78, 5) is 20.1. The molecule has 1 amide bonds. The van der Waals surface area contributed by atoms with Gasteiger partial charge in [-0.25, -0.2) is 0 Å². The third-order valence-corrected chi connectivity index (χ3v) is 6.51. The molecule has 2 aromatic rings. The van der Waals surface area contributed by atoms with E-state index < -0.39 is 0 Å². The molecule has 0 saturated carbocycles. The van der Waals surface area contributed by atoms with E-state index in [0.29, 0.717) is 5.91 Å². The van der Waals surface area contributed by atoms with Crippen molar-refractivity contribution in [3.8, 4) is 0 Å². The summed E-state index contributed by atoms with van der Waals surface area (Å²) in [6.45, 7) is 7.27. The Bertz CT molecular complexity index is 805. The average Bonchev–Trinajstić information content (AvgIpc) is 2.76. The maximum absolute atomic E-state index is 13.1. The molecule has 2 aliphatic heterocycles. The molecule has 0 N–H and O–H groups in total. The summed E-state index contributed by atoms with van der Waals surface area (Å²) >= 11 is 6.33. The Morgan fingerprint density at radius 1 is 0.862 bits per heavy atom. The number of carbonyl (C=O) groups excluding carboxylic acids is 1. The summed E-state index contributed by atoms with van der Waals surface area (Å²) in [5, 5.41) is 0.815. The largest absolute Gasteiger partial charge is 0.340 e. The number of benzene rings is 2. The summed E-state index contributed by atoms with van der Waals surface area (Å²) in [7, 11) is 0. The maximum atomic E-state index is 13.1. The smallest absolute Gasteiger partial charge is 0.227 e. The summed E-state index contributed by atoms with van der Waals surface area (Å²) in [5.74, 6) is 0.458. The van der Waals surface area contributed by atoms with E-state index in [1.807, 2.05) is 18.2 Å². The van der Waals surface area contributed by atoms with Gasteiger partial charge in [0, 0.05) is 50.8 Å². The van der Waals surface area contributed by atoms with E-state index in [1.54, 1.807) is 0 Å². The van der Waals surface area contributed by atoms with Gasteiger partial charge >= 0.3 is 0 Å². The van der Waals surface area contributed by atoms with Gasteiger partial charge in [-0.3, -0.25) is 14.6 Å². The normalized spacial score (nSPS) is 21.3. The quantitative estimate of drug-likeness (QED) is 0.746. The summed E-state index contributed by atoms with van der Waals surface area (Å²) in [5.41, 5.74) is 2.49. The molecule has 2 fully saturated rings. The predicted octanol–water partition coefficient (Wildman–Crippen LogP) is 3.90. The van der Waals surface area contributed by atoms with Crippen LogP contribution in [0.3, 0.4) is 0 Å². The Kier molecular flexibility index (Phi) is 6.86. The van der Waals surface area contributed by atoms with E-state index in [9.17, 15) is 4.79 Å². The molecule has 0 radical (unpaired) electrons. The number of piperidine rings is 1. The highest BCUT2D eigenvalue weighted by atomic mass is 35.5. The molecule has 5 heteroatoms. The van der Waals surface area contributed by atoms with E-state index in [2.05, 4.69) is 51.1 Å². The molecule has 29 heavy (non-hydrogen) atoms. The fraction of sp³-hybridized carbons (Fsp3) is 0.458. The molecular weight excluding hydrogens is 382 g/mol. The first kappa shape index (κ1) is 20.4. The molecule has 0 aliphatic carbocycles. The lowest BCUT2D eigenvalue weighted by Crippen LogP contribution is -2.52. The van der Waals surface area contributed by atoms with Gasteiger partial charge in [-0.15, -0.1) is 0 Å². The van der Waals surface area contributed by atoms with Crippen molar-refractivity contribution in [2.45, 2.75) is 25.9 Å². The lowest BCUT2D eigenvalue weighted by molar-refractivity contribution is -0.139. The third kappa shape index (κ3) is 5.39. The molecule has 0 aromatic heterocycles. The van der Waals surface area contributed by atoms with E-state index in [-0.39, 0.29) is 5.92 Å². The van der Waals surface area contributed by atoms with Gasteiger partial charge in [0.05, 0.1) is 5.92 Å². The molecular formula is C24H30ClN3O. The molecule has 0 bridgehead atoms. The molecule has 2 heterocycles. The predicted molar refractivity (Wildman–Crippen MR) is 118 cm³/mol. The van der Waals surface area contributed by atoms with Gasteiger partial charge in [0.2, 0.25) is 5.91 Å². The number of likely N-dealkylation sites (tertiary alicyclic amines) is 1. The zero-order chi connectivity index (χ0) is 20.1. The average molecular weight is 412 g/mol. The van der Waals surface area contributed by atoms with Crippen LogP contribution in [0.25, 0.3) is 0 Å². The van der Waals surface area contributed by atoms with Crippen LogP contribution in [0.5, 0.6) is 0 Å². The van der Waals surface area contributed by atoms with Crippen molar-refractivity contribution in [3.05, 3.63) is 70.7 Å². The number of hydrogen-bond donors (Lipinski definition) is 0. The van der Waals surface area contributed by atoms with E-state index in [0.717, 1.165) is 75.8 Å². The molecule has 0 unspecified atom stereocenters. The van der Waals surface area contributed by atoms with Crippen LogP contribution in [0.4, 0.5) is 0 Å². The Balaban J connectivity index is 1.27. The Morgan fingerprint density at radius 2 is 1.59 bits per heavy atom. The Labute approximate surface area is 179 Å². The highest BCUT2D eigenvalue weighted by Crippen LogP contribution is 2.24. The summed E-state index contributed by atoms with van der Waals surface area (Å²) in [6.07, 6.45) is 2.08. The molecule has 4 rings (SSSR count). The van der Waals surface area contributed by atoms with Crippen molar-refractivity contribution in [3.63, 3.8) is 0 Å². The maximum Gasteiger partial charge on any atom is 0.227 e.